The molecule has 23 heavy (non-hydrogen) atoms. The first-order valence-corrected chi connectivity index (χ1v) is 7.03. The number of aryl methyl sites for hydroxylation is 3. The van der Waals surface area contributed by atoms with E-state index in [9.17, 15) is 9.59 Å². The fourth-order valence-electron chi connectivity index (χ4n) is 1.89. The molecule has 0 spiro atoms. The van der Waals surface area contributed by atoms with Crippen molar-refractivity contribution in [3.05, 3.63) is 41.2 Å². The van der Waals surface area contributed by atoms with Gasteiger partial charge in [0.05, 0.1) is 0 Å². The normalized spacial score (nSPS) is 10.2. The molecule has 1 N–H and O–H groups in total. The van der Waals surface area contributed by atoms with Gasteiger partial charge in [0.15, 0.2) is 19.0 Å². The number of carbonyl (C=O) groups is 2. The summed E-state index contributed by atoms with van der Waals surface area (Å²) < 4.78 is 15.0. The van der Waals surface area contributed by atoms with E-state index >= 15 is 0 Å². The van der Waals surface area contributed by atoms with Crippen molar-refractivity contribution >= 4 is 17.7 Å². The highest BCUT2D eigenvalue weighted by Gasteiger charge is 2.11. The number of rotatable bonds is 6. The molecule has 1 aromatic carbocycles. The van der Waals surface area contributed by atoms with Crippen LogP contribution in [0.25, 0.3) is 0 Å². The molecule has 0 bridgehead atoms. The lowest BCUT2D eigenvalue weighted by molar-refractivity contribution is -0.149. The van der Waals surface area contributed by atoms with Crippen LogP contribution >= 0.6 is 0 Å². The smallest absolute Gasteiger partial charge is 0.344 e. The van der Waals surface area contributed by atoms with Crippen molar-refractivity contribution in [2.45, 2.75) is 20.8 Å². The molecule has 7 heteroatoms. The second kappa shape index (κ2) is 7.44. The van der Waals surface area contributed by atoms with Crippen LogP contribution in [0, 0.1) is 20.8 Å². The largest absolute Gasteiger partial charge is 0.482 e. The van der Waals surface area contributed by atoms with Gasteiger partial charge < -0.3 is 19.3 Å². The average Bonchev–Trinajstić information content (AvgIpc) is 2.89. The number of nitrogens with one attached hydrogen (secondary N) is 1. The first-order valence-electron chi connectivity index (χ1n) is 7.03. The van der Waals surface area contributed by atoms with Gasteiger partial charge in [-0.1, -0.05) is 22.9 Å². The van der Waals surface area contributed by atoms with E-state index < -0.39 is 18.5 Å². The number of hydrogen-bond acceptors (Lipinski definition) is 6. The summed E-state index contributed by atoms with van der Waals surface area (Å²) in [5.74, 6) is 0.318. The lowest BCUT2D eigenvalue weighted by Gasteiger charge is -2.09. The second-order valence-electron chi connectivity index (χ2n) is 5.09. The third-order valence-corrected chi connectivity index (χ3v) is 2.94. The highest BCUT2D eigenvalue weighted by Crippen LogP contribution is 2.18. The summed E-state index contributed by atoms with van der Waals surface area (Å²) in [7, 11) is 0. The van der Waals surface area contributed by atoms with Gasteiger partial charge in [-0.3, -0.25) is 4.79 Å². The zero-order valence-electron chi connectivity index (χ0n) is 13.2. The van der Waals surface area contributed by atoms with Gasteiger partial charge in [0, 0.05) is 6.07 Å². The standard InChI is InChI=1S/C16H18N2O5/c1-10-4-5-13(11(2)6-10)21-9-16(20)22-8-15(19)17-14-7-12(3)23-18-14/h4-7H,8-9H2,1-3H3,(H,17,18,19). The highest BCUT2D eigenvalue weighted by molar-refractivity contribution is 5.91. The molecule has 1 amide bonds. The van der Waals surface area contributed by atoms with Gasteiger partial charge in [-0.05, 0) is 32.4 Å². The Bertz CT molecular complexity index is 708. The average molecular weight is 318 g/mol. The monoisotopic (exact) mass is 318 g/mol. The maximum absolute atomic E-state index is 11.6. The number of anilines is 1. The van der Waals surface area contributed by atoms with Gasteiger partial charge in [-0.15, -0.1) is 0 Å². The Morgan fingerprint density at radius 2 is 1.96 bits per heavy atom. The van der Waals surface area contributed by atoms with E-state index in [1.54, 1.807) is 19.1 Å². The van der Waals surface area contributed by atoms with Crippen LogP contribution in [0.1, 0.15) is 16.9 Å². The van der Waals surface area contributed by atoms with E-state index in [1.165, 1.54) is 0 Å². The molecule has 0 fully saturated rings. The van der Waals surface area contributed by atoms with Crippen molar-refractivity contribution in [1.82, 2.24) is 5.16 Å². The van der Waals surface area contributed by atoms with E-state index in [-0.39, 0.29) is 12.4 Å². The molecule has 0 saturated heterocycles. The van der Waals surface area contributed by atoms with Crippen molar-refractivity contribution in [3.63, 3.8) is 0 Å². The predicted octanol–water partition coefficient (Wildman–Crippen LogP) is 2.16. The van der Waals surface area contributed by atoms with E-state index in [2.05, 4.69) is 10.5 Å². The molecule has 0 aliphatic rings. The Balaban J connectivity index is 1.73. The Labute approximate surface area is 133 Å². The first-order chi connectivity index (χ1) is 10.9. The number of ether oxygens (including phenoxy) is 2. The summed E-state index contributed by atoms with van der Waals surface area (Å²) in [6.45, 7) is 4.88. The molecule has 1 aromatic heterocycles. The molecule has 0 atom stereocenters. The first kappa shape index (κ1) is 16.5. The van der Waals surface area contributed by atoms with Crippen molar-refractivity contribution in [1.29, 1.82) is 0 Å². The molecule has 122 valence electrons. The summed E-state index contributed by atoms with van der Waals surface area (Å²) in [5.41, 5.74) is 2.04. The number of carbonyl (C=O) groups excluding carboxylic acids is 2. The topological polar surface area (TPSA) is 90.7 Å². The lowest BCUT2D eigenvalue weighted by atomic mass is 10.1. The van der Waals surface area contributed by atoms with Gasteiger partial charge in [-0.2, -0.15) is 0 Å². The Morgan fingerprint density at radius 1 is 1.17 bits per heavy atom. The number of aromatic nitrogens is 1. The van der Waals surface area contributed by atoms with Gasteiger partial charge in [0.2, 0.25) is 0 Å². The third-order valence-electron chi connectivity index (χ3n) is 2.94. The van der Waals surface area contributed by atoms with Crippen LogP contribution in [0.4, 0.5) is 5.82 Å². The summed E-state index contributed by atoms with van der Waals surface area (Å²) in [6, 6.07) is 7.19. The van der Waals surface area contributed by atoms with Crippen molar-refractivity contribution in [3.8, 4) is 5.75 Å². The van der Waals surface area contributed by atoms with E-state index in [0.717, 1.165) is 11.1 Å². The molecule has 0 aliphatic carbocycles. The second-order valence-corrected chi connectivity index (χ2v) is 5.09. The van der Waals surface area contributed by atoms with Crippen molar-refractivity contribution in [2.24, 2.45) is 0 Å². The van der Waals surface area contributed by atoms with Crippen LogP contribution in [-0.2, 0) is 14.3 Å². The quantitative estimate of drug-likeness (QED) is 0.821. The SMILES string of the molecule is Cc1ccc(OCC(=O)OCC(=O)Nc2cc(C)on2)c(C)c1. The Morgan fingerprint density at radius 3 is 2.61 bits per heavy atom. The number of nitrogens with zero attached hydrogens (tertiary/aromatic N) is 1. The highest BCUT2D eigenvalue weighted by atomic mass is 16.6. The van der Waals surface area contributed by atoms with Gasteiger partial charge in [-0.25, -0.2) is 4.79 Å². The molecular weight excluding hydrogens is 300 g/mol. The molecule has 7 nitrogen and oxygen atoms in total. The van der Waals surface area contributed by atoms with E-state index in [0.29, 0.717) is 11.5 Å². The number of amides is 1. The molecule has 0 saturated carbocycles. The maximum Gasteiger partial charge on any atom is 0.344 e. The van der Waals surface area contributed by atoms with Crippen LogP contribution in [0.5, 0.6) is 5.75 Å². The van der Waals surface area contributed by atoms with Crippen molar-refractivity contribution < 1.29 is 23.6 Å². The third kappa shape index (κ3) is 5.14. The van der Waals surface area contributed by atoms with Gasteiger partial charge in [0.25, 0.3) is 5.91 Å². The number of hydrogen-bond donors (Lipinski definition) is 1. The van der Waals surface area contributed by atoms with E-state index in [4.69, 9.17) is 14.0 Å². The molecule has 1 heterocycles. The molecule has 0 aliphatic heterocycles. The Kier molecular flexibility index (Phi) is 5.35. The van der Waals surface area contributed by atoms with Crippen LogP contribution in [0.2, 0.25) is 0 Å². The number of benzene rings is 1. The molecule has 2 rings (SSSR count). The molecular formula is C16H18N2O5. The number of esters is 1. The van der Waals surface area contributed by atoms with Crippen LogP contribution < -0.4 is 10.1 Å². The van der Waals surface area contributed by atoms with E-state index in [1.807, 2.05) is 26.0 Å². The predicted molar refractivity (Wildman–Crippen MR) is 82.2 cm³/mol. The van der Waals surface area contributed by atoms with Crippen LogP contribution in [0.3, 0.4) is 0 Å². The van der Waals surface area contributed by atoms with Gasteiger partial charge >= 0.3 is 5.97 Å². The van der Waals surface area contributed by atoms with Crippen molar-refractivity contribution in [2.75, 3.05) is 18.5 Å². The minimum Gasteiger partial charge on any atom is -0.482 e. The summed E-state index contributed by atoms with van der Waals surface area (Å²) in [4.78, 5) is 23.2. The molecule has 0 radical (unpaired) electrons. The zero-order chi connectivity index (χ0) is 16.8. The fraction of sp³-hybridized carbons (Fsp3) is 0.312. The Hall–Kier alpha value is -2.83. The molecule has 2 aromatic rings. The fourth-order valence-corrected chi connectivity index (χ4v) is 1.89. The maximum atomic E-state index is 11.6. The van der Waals surface area contributed by atoms with Crippen LogP contribution in [-0.4, -0.2) is 30.2 Å². The van der Waals surface area contributed by atoms with Gasteiger partial charge in [0.1, 0.15) is 11.5 Å². The molecule has 0 unspecified atom stereocenters. The summed E-state index contributed by atoms with van der Waals surface area (Å²) >= 11 is 0. The van der Waals surface area contributed by atoms with Crippen LogP contribution in [0.15, 0.2) is 28.8 Å². The lowest BCUT2D eigenvalue weighted by Crippen LogP contribution is -2.23. The summed E-state index contributed by atoms with van der Waals surface area (Å²) in [5, 5.41) is 6.05. The minimum absolute atomic E-state index is 0.264. The summed E-state index contributed by atoms with van der Waals surface area (Å²) in [6.07, 6.45) is 0. The zero-order valence-corrected chi connectivity index (χ0v) is 13.2. The minimum atomic E-state index is -0.628.